The molecule has 0 spiro atoms. The molecular weight excluding hydrogens is 242 g/mol. The van der Waals surface area contributed by atoms with E-state index >= 15 is 0 Å². The molecule has 0 aliphatic carbocycles. The Hall–Kier alpha value is -0.610. The van der Waals surface area contributed by atoms with Crippen LogP contribution in [0.3, 0.4) is 0 Å². The lowest BCUT2D eigenvalue weighted by atomic mass is 9.78. The van der Waals surface area contributed by atoms with Crippen LogP contribution in [0.25, 0.3) is 0 Å². The first-order valence-electron chi connectivity index (χ1n) is 7.73. The van der Waals surface area contributed by atoms with Gasteiger partial charge in [-0.25, -0.2) is 0 Å². The highest BCUT2D eigenvalue weighted by Gasteiger charge is 2.42. The molecular formula is C15H27NO3. The Kier molecular flexibility index (Phi) is 5.22. The van der Waals surface area contributed by atoms with E-state index in [4.69, 9.17) is 4.74 Å². The van der Waals surface area contributed by atoms with Gasteiger partial charge in [-0.15, -0.1) is 0 Å². The van der Waals surface area contributed by atoms with Crippen LogP contribution in [0.1, 0.15) is 51.9 Å². The Balaban J connectivity index is 2.04. The maximum atomic E-state index is 11.7. The van der Waals surface area contributed by atoms with E-state index in [0.29, 0.717) is 32.1 Å². The fraction of sp³-hybridized carbons (Fsp3) is 0.933. The van der Waals surface area contributed by atoms with E-state index in [2.05, 4.69) is 11.8 Å². The zero-order chi connectivity index (χ0) is 13.7. The lowest BCUT2D eigenvalue weighted by Gasteiger charge is -2.43. The molecule has 2 aliphatic rings. The number of hydrogen-bond acceptors (Lipinski definition) is 3. The summed E-state index contributed by atoms with van der Waals surface area (Å²) in [4.78, 5) is 14.2. The molecule has 0 aromatic heterocycles. The smallest absolute Gasteiger partial charge is 0.311 e. The van der Waals surface area contributed by atoms with Gasteiger partial charge < -0.3 is 9.84 Å². The largest absolute Gasteiger partial charge is 0.481 e. The van der Waals surface area contributed by atoms with Crippen LogP contribution >= 0.6 is 0 Å². The van der Waals surface area contributed by atoms with Crippen molar-refractivity contribution in [1.29, 1.82) is 0 Å². The summed E-state index contributed by atoms with van der Waals surface area (Å²) in [6.07, 6.45) is 7.46. The maximum Gasteiger partial charge on any atom is 0.311 e. The van der Waals surface area contributed by atoms with Gasteiger partial charge in [0.05, 0.1) is 5.41 Å². The highest BCUT2D eigenvalue weighted by molar-refractivity contribution is 5.75. The number of likely N-dealkylation sites (tertiary alicyclic amines) is 1. The topological polar surface area (TPSA) is 49.8 Å². The summed E-state index contributed by atoms with van der Waals surface area (Å²) in [7, 11) is 0. The third-order valence-electron chi connectivity index (χ3n) is 4.78. The van der Waals surface area contributed by atoms with Gasteiger partial charge in [-0.1, -0.05) is 19.8 Å². The molecule has 0 bridgehead atoms. The van der Waals surface area contributed by atoms with Crippen LogP contribution < -0.4 is 0 Å². The van der Waals surface area contributed by atoms with Crippen molar-refractivity contribution in [1.82, 2.24) is 4.90 Å². The van der Waals surface area contributed by atoms with E-state index in [0.717, 1.165) is 13.1 Å². The van der Waals surface area contributed by atoms with Crippen LogP contribution in [0.2, 0.25) is 0 Å². The Morgan fingerprint density at radius 1 is 1.37 bits per heavy atom. The molecule has 1 unspecified atom stereocenters. The van der Waals surface area contributed by atoms with E-state index in [1.807, 2.05) is 0 Å². The number of carboxylic acids is 1. The fourth-order valence-corrected chi connectivity index (χ4v) is 3.52. The normalized spacial score (nSPS) is 28.2. The minimum atomic E-state index is -0.628. The number of carbonyl (C=O) groups is 1. The molecule has 2 saturated heterocycles. The number of aliphatic carboxylic acids is 1. The van der Waals surface area contributed by atoms with Gasteiger partial charge in [0.15, 0.2) is 0 Å². The maximum absolute atomic E-state index is 11.7. The van der Waals surface area contributed by atoms with Crippen LogP contribution in [0.4, 0.5) is 0 Å². The van der Waals surface area contributed by atoms with Gasteiger partial charge in [-0.05, 0) is 38.6 Å². The van der Waals surface area contributed by atoms with Crippen molar-refractivity contribution in [3.63, 3.8) is 0 Å². The first kappa shape index (κ1) is 14.8. The number of ether oxygens (including phenoxy) is 1. The average Bonchev–Trinajstić information content (AvgIpc) is 2.42. The lowest BCUT2D eigenvalue weighted by Crippen LogP contribution is -2.51. The standard InChI is InChI=1S/C15H27NO3/c1-2-5-13-6-3-4-9-16(13)12-15(14(17)18)7-10-19-11-8-15/h13H,2-12H2,1H3,(H,17,18). The van der Waals surface area contributed by atoms with Gasteiger partial charge in [-0.2, -0.15) is 0 Å². The highest BCUT2D eigenvalue weighted by atomic mass is 16.5. The van der Waals surface area contributed by atoms with Crippen LogP contribution in [-0.4, -0.2) is 48.3 Å². The second kappa shape index (κ2) is 6.71. The third kappa shape index (κ3) is 3.48. The first-order chi connectivity index (χ1) is 9.18. The van der Waals surface area contributed by atoms with Crippen molar-refractivity contribution in [2.24, 2.45) is 5.41 Å². The molecule has 1 atom stereocenters. The minimum absolute atomic E-state index is 0.568. The van der Waals surface area contributed by atoms with Gasteiger partial charge >= 0.3 is 5.97 Å². The fourth-order valence-electron chi connectivity index (χ4n) is 3.52. The van der Waals surface area contributed by atoms with E-state index in [-0.39, 0.29) is 0 Å². The molecule has 0 amide bonds. The molecule has 19 heavy (non-hydrogen) atoms. The Bertz CT molecular complexity index is 298. The quantitative estimate of drug-likeness (QED) is 0.833. The molecule has 4 nitrogen and oxygen atoms in total. The summed E-state index contributed by atoms with van der Waals surface area (Å²) in [5.41, 5.74) is -0.568. The number of piperidine rings is 1. The second-order valence-corrected chi connectivity index (χ2v) is 6.11. The van der Waals surface area contributed by atoms with Crippen molar-refractivity contribution in [3.8, 4) is 0 Å². The van der Waals surface area contributed by atoms with Crippen molar-refractivity contribution in [2.45, 2.75) is 57.9 Å². The van der Waals surface area contributed by atoms with Gasteiger partial charge in [0.25, 0.3) is 0 Å². The summed E-state index contributed by atoms with van der Waals surface area (Å²) >= 11 is 0. The number of rotatable bonds is 5. The molecule has 0 aromatic carbocycles. The molecule has 2 aliphatic heterocycles. The van der Waals surface area contributed by atoms with Crippen molar-refractivity contribution in [2.75, 3.05) is 26.3 Å². The summed E-state index contributed by atoms with van der Waals surface area (Å²) < 4.78 is 5.36. The van der Waals surface area contributed by atoms with E-state index in [1.54, 1.807) is 0 Å². The Labute approximate surface area is 116 Å². The third-order valence-corrected chi connectivity index (χ3v) is 4.78. The highest BCUT2D eigenvalue weighted by Crippen LogP contribution is 2.34. The van der Waals surface area contributed by atoms with E-state index < -0.39 is 11.4 Å². The van der Waals surface area contributed by atoms with Crippen molar-refractivity contribution >= 4 is 5.97 Å². The second-order valence-electron chi connectivity index (χ2n) is 6.11. The zero-order valence-electron chi connectivity index (χ0n) is 12.1. The molecule has 0 radical (unpaired) electrons. The van der Waals surface area contributed by atoms with Gasteiger partial charge in [-0.3, -0.25) is 9.69 Å². The molecule has 4 heteroatoms. The zero-order valence-corrected chi connectivity index (χ0v) is 12.1. The predicted molar refractivity (Wildman–Crippen MR) is 74.2 cm³/mol. The summed E-state index contributed by atoms with van der Waals surface area (Å²) in [5, 5.41) is 9.65. The van der Waals surface area contributed by atoms with Gasteiger partial charge in [0.2, 0.25) is 0 Å². The number of nitrogens with zero attached hydrogens (tertiary/aromatic N) is 1. The minimum Gasteiger partial charge on any atom is -0.481 e. The van der Waals surface area contributed by atoms with Crippen LogP contribution in [0.5, 0.6) is 0 Å². The molecule has 2 heterocycles. The first-order valence-corrected chi connectivity index (χ1v) is 7.73. The number of carboxylic acid groups (broad SMARTS) is 1. The monoisotopic (exact) mass is 269 g/mol. The Morgan fingerprint density at radius 2 is 2.11 bits per heavy atom. The predicted octanol–water partition coefficient (Wildman–Crippen LogP) is 2.52. The summed E-state index contributed by atoms with van der Waals surface area (Å²) in [5.74, 6) is -0.628. The molecule has 110 valence electrons. The average molecular weight is 269 g/mol. The van der Waals surface area contributed by atoms with Crippen molar-refractivity contribution in [3.05, 3.63) is 0 Å². The van der Waals surface area contributed by atoms with Gasteiger partial charge in [0.1, 0.15) is 0 Å². The SMILES string of the molecule is CCCC1CCCCN1CC1(C(=O)O)CCOCC1. The van der Waals surface area contributed by atoms with Crippen LogP contribution in [0.15, 0.2) is 0 Å². The molecule has 2 fully saturated rings. The van der Waals surface area contributed by atoms with E-state index in [9.17, 15) is 9.90 Å². The molecule has 1 N–H and O–H groups in total. The lowest BCUT2D eigenvalue weighted by molar-refractivity contribution is -0.157. The van der Waals surface area contributed by atoms with Gasteiger partial charge in [0, 0.05) is 25.8 Å². The van der Waals surface area contributed by atoms with E-state index in [1.165, 1.54) is 32.1 Å². The summed E-state index contributed by atoms with van der Waals surface area (Å²) in [6, 6.07) is 0.595. The van der Waals surface area contributed by atoms with Crippen LogP contribution in [0, 0.1) is 5.41 Å². The van der Waals surface area contributed by atoms with Crippen LogP contribution in [-0.2, 0) is 9.53 Å². The molecule has 0 saturated carbocycles. The summed E-state index contributed by atoms with van der Waals surface area (Å²) in [6.45, 7) is 5.20. The number of hydrogen-bond donors (Lipinski definition) is 1. The molecule has 2 rings (SSSR count). The van der Waals surface area contributed by atoms with Crippen molar-refractivity contribution < 1.29 is 14.6 Å². The Morgan fingerprint density at radius 3 is 2.74 bits per heavy atom. The molecule has 0 aromatic rings.